The van der Waals surface area contributed by atoms with Gasteiger partial charge in [0.1, 0.15) is 0 Å². The molecule has 3 aromatic rings. The fourth-order valence-electron chi connectivity index (χ4n) is 2.97. The van der Waals surface area contributed by atoms with Crippen molar-refractivity contribution in [2.75, 3.05) is 5.43 Å². The molecule has 0 saturated heterocycles. The normalized spacial score (nSPS) is 11.0. The number of hydrogen-bond acceptors (Lipinski definition) is 5. The molecule has 0 aliphatic rings. The molecule has 1 aromatic heterocycles. The smallest absolute Gasteiger partial charge is 0.337 e. The Kier molecular flexibility index (Phi) is 5.65. The van der Waals surface area contributed by atoms with E-state index in [9.17, 15) is 20.0 Å². The molecule has 0 amide bonds. The summed E-state index contributed by atoms with van der Waals surface area (Å²) in [6, 6.07) is 12.7. The van der Waals surface area contributed by atoms with Crippen molar-refractivity contribution in [3.05, 3.63) is 86.2 Å². The SMILES string of the molecule is Cc1cc(/C=N/Nc2ccc([N+](=O)[O-])cc2)c(C)n1-c1ccc(Cl)c(C(=O)O)c1. The van der Waals surface area contributed by atoms with Crippen LogP contribution >= 0.6 is 11.6 Å². The van der Waals surface area contributed by atoms with E-state index >= 15 is 0 Å². The number of carboxylic acids is 1. The quantitative estimate of drug-likeness (QED) is 0.343. The predicted molar refractivity (Wildman–Crippen MR) is 112 cm³/mol. The van der Waals surface area contributed by atoms with Crippen molar-refractivity contribution in [2.45, 2.75) is 13.8 Å². The zero-order chi connectivity index (χ0) is 21.1. The number of nitrogens with one attached hydrogen (secondary N) is 1. The van der Waals surface area contributed by atoms with Crippen molar-refractivity contribution in [3.63, 3.8) is 0 Å². The minimum Gasteiger partial charge on any atom is -0.478 e. The second kappa shape index (κ2) is 8.15. The largest absolute Gasteiger partial charge is 0.478 e. The number of nitro groups is 1. The Morgan fingerprint density at radius 3 is 2.52 bits per heavy atom. The molecule has 9 heteroatoms. The Labute approximate surface area is 171 Å². The van der Waals surface area contributed by atoms with Gasteiger partial charge >= 0.3 is 5.97 Å². The summed E-state index contributed by atoms with van der Waals surface area (Å²) in [5.74, 6) is -1.09. The molecule has 0 fully saturated rings. The summed E-state index contributed by atoms with van der Waals surface area (Å²) >= 11 is 5.96. The van der Waals surface area contributed by atoms with E-state index in [4.69, 9.17) is 11.6 Å². The molecule has 0 saturated carbocycles. The maximum atomic E-state index is 11.4. The molecule has 0 aliphatic carbocycles. The highest BCUT2D eigenvalue weighted by molar-refractivity contribution is 6.33. The summed E-state index contributed by atoms with van der Waals surface area (Å²) in [5, 5.41) is 24.3. The van der Waals surface area contributed by atoms with Crippen LogP contribution in [0.1, 0.15) is 27.3 Å². The van der Waals surface area contributed by atoms with Crippen molar-refractivity contribution >= 4 is 35.2 Å². The number of hydrazone groups is 1. The summed E-state index contributed by atoms with van der Waals surface area (Å²) in [4.78, 5) is 21.6. The number of non-ortho nitro benzene ring substituents is 1. The highest BCUT2D eigenvalue weighted by Crippen LogP contribution is 2.24. The van der Waals surface area contributed by atoms with Crippen LogP contribution in [0, 0.1) is 24.0 Å². The van der Waals surface area contributed by atoms with Gasteiger partial charge in [-0.1, -0.05) is 11.6 Å². The van der Waals surface area contributed by atoms with Gasteiger partial charge < -0.3 is 9.67 Å². The summed E-state index contributed by atoms with van der Waals surface area (Å²) in [5.41, 5.74) is 6.78. The van der Waals surface area contributed by atoms with E-state index in [1.54, 1.807) is 30.5 Å². The summed E-state index contributed by atoms with van der Waals surface area (Å²) in [6.07, 6.45) is 1.63. The second-order valence-corrected chi connectivity index (χ2v) is 6.71. The number of anilines is 1. The van der Waals surface area contributed by atoms with Crippen LogP contribution in [-0.2, 0) is 0 Å². The van der Waals surface area contributed by atoms with E-state index in [2.05, 4.69) is 10.5 Å². The van der Waals surface area contributed by atoms with Crippen LogP contribution in [0.15, 0.2) is 53.6 Å². The first-order valence-corrected chi connectivity index (χ1v) is 8.91. The zero-order valence-corrected chi connectivity index (χ0v) is 16.3. The molecule has 0 unspecified atom stereocenters. The van der Waals surface area contributed by atoms with Crippen molar-refractivity contribution in [1.82, 2.24) is 4.57 Å². The third kappa shape index (κ3) is 4.27. The van der Waals surface area contributed by atoms with Gasteiger partial charge in [0, 0.05) is 34.8 Å². The third-order valence-electron chi connectivity index (χ3n) is 4.38. The van der Waals surface area contributed by atoms with Crippen molar-refractivity contribution < 1.29 is 14.8 Å². The Bertz CT molecular complexity index is 1120. The first kappa shape index (κ1) is 20.1. The first-order chi connectivity index (χ1) is 13.8. The van der Waals surface area contributed by atoms with Crippen LogP contribution < -0.4 is 5.43 Å². The molecule has 0 bridgehead atoms. The van der Waals surface area contributed by atoms with E-state index in [1.165, 1.54) is 18.2 Å². The van der Waals surface area contributed by atoms with Crippen LogP contribution in [0.25, 0.3) is 5.69 Å². The number of carboxylic acid groups (broad SMARTS) is 1. The van der Waals surface area contributed by atoms with Gasteiger partial charge in [0.25, 0.3) is 5.69 Å². The van der Waals surface area contributed by atoms with Crippen LogP contribution in [0.3, 0.4) is 0 Å². The van der Waals surface area contributed by atoms with E-state index in [0.717, 1.165) is 17.0 Å². The lowest BCUT2D eigenvalue weighted by atomic mass is 10.2. The molecule has 1 heterocycles. The van der Waals surface area contributed by atoms with Gasteiger partial charge in [0.05, 0.1) is 27.4 Å². The van der Waals surface area contributed by atoms with Crippen LogP contribution in [-0.4, -0.2) is 26.8 Å². The molecule has 0 aliphatic heterocycles. The number of nitrogens with zero attached hydrogens (tertiary/aromatic N) is 3. The molecule has 0 spiro atoms. The number of rotatable bonds is 6. The van der Waals surface area contributed by atoms with Gasteiger partial charge in [-0.05, 0) is 50.2 Å². The lowest BCUT2D eigenvalue weighted by molar-refractivity contribution is -0.384. The topological polar surface area (TPSA) is 110 Å². The van der Waals surface area contributed by atoms with Crippen LogP contribution in [0.2, 0.25) is 5.02 Å². The molecule has 2 aromatic carbocycles. The lowest BCUT2D eigenvalue weighted by Gasteiger charge is -2.11. The van der Waals surface area contributed by atoms with Gasteiger partial charge in [-0.25, -0.2) is 4.79 Å². The van der Waals surface area contributed by atoms with E-state index in [-0.39, 0.29) is 16.3 Å². The maximum absolute atomic E-state index is 11.4. The number of halogens is 1. The summed E-state index contributed by atoms with van der Waals surface area (Å²) in [7, 11) is 0. The second-order valence-electron chi connectivity index (χ2n) is 6.31. The maximum Gasteiger partial charge on any atom is 0.337 e. The molecule has 0 atom stereocenters. The molecule has 148 valence electrons. The van der Waals surface area contributed by atoms with Crippen molar-refractivity contribution in [1.29, 1.82) is 0 Å². The van der Waals surface area contributed by atoms with Gasteiger partial charge in [0.15, 0.2) is 0 Å². The standard InChI is InChI=1S/C20H17ClN4O4/c1-12-9-14(11-22-23-15-3-5-16(6-4-15)25(28)29)13(2)24(12)17-7-8-19(21)18(10-17)20(26)27/h3-11,23H,1-2H3,(H,26,27)/b22-11+. The minimum atomic E-state index is -1.09. The third-order valence-corrected chi connectivity index (χ3v) is 4.71. The average Bonchev–Trinajstić information content (AvgIpc) is 2.96. The van der Waals surface area contributed by atoms with E-state index in [1.807, 2.05) is 24.5 Å². The number of benzene rings is 2. The van der Waals surface area contributed by atoms with Crippen molar-refractivity contribution in [3.8, 4) is 5.69 Å². The highest BCUT2D eigenvalue weighted by atomic mass is 35.5. The molecular weight excluding hydrogens is 396 g/mol. The van der Waals surface area contributed by atoms with Crippen molar-refractivity contribution in [2.24, 2.45) is 5.10 Å². The molecule has 3 rings (SSSR count). The van der Waals surface area contributed by atoms with Gasteiger partial charge in [-0.2, -0.15) is 5.10 Å². The molecular formula is C20H17ClN4O4. The van der Waals surface area contributed by atoms with Gasteiger partial charge in [0.2, 0.25) is 0 Å². The number of aryl methyl sites for hydroxylation is 1. The van der Waals surface area contributed by atoms with Crippen LogP contribution in [0.4, 0.5) is 11.4 Å². The Hall–Kier alpha value is -3.65. The highest BCUT2D eigenvalue weighted by Gasteiger charge is 2.14. The van der Waals surface area contributed by atoms with Crippen LogP contribution in [0.5, 0.6) is 0 Å². The minimum absolute atomic E-state index is 0.00627. The number of aromatic carboxylic acids is 1. The van der Waals surface area contributed by atoms with Gasteiger partial charge in [-0.3, -0.25) is 15.5 Å². The molecule has 0 radical (unpaired) electrons. The van der Waals surface area contributed by atoms with E-state index < -0.39 is 10.9 Å². The monoisotopic (exact) mass is 412 g/mol. The van der Waals surface area contributed by atoms with E-state index in [0.29, 0.717) is 11.4 Å². The molecule has 2 N–H and O–H groups in total. The fourth-order valence-corrected chi connectivity index (χ4v) is 3.16. The first-order valence-electron chi connectivity index (χ1n) is 8.53. The Morgan fingerprint density at radius 2 is 1.90 bits per heavy atom. The fraction of sp³-hybridized carbons (Fsp3) is 0.100. The number of nitro benzene ring substituents is 1. The molecule has 8 nitrogen and oxygen atoms in total. The lowest BCUT2D eigenvalue weighted by Crippen LogP contribution is -2.04. The average molecular weight is 413 g/mol. The van der Waals surface area contributed by atoms with Gasteiger partial charge in [-0.15, -0.1) is 0 Å². The number of carbonyl (C=O) groups is 1. The summed E-state index contributed by atoms with van der Waals surface area (Å²) < 4.78 is 1.91. The zero-order valence-electron chi connectivity index (χ0n) is 15.6. The predicted octanol–water partition coefficient (Wildman–Crippen LogP) is 4.80. The number of hydrogen-bond donors (Lipinski definition) is 2. The summed E-state index contributed by atoms with van der Waals surface area (Å²) in [6.45, 7) is 3.80. The molecule has 29 heavy (non-hydrogen) atoms. The Morgan fingerprint density at radius 1 is 1.21 bits per heavy atom. The number of aromatic nitrogens is 1. The Balaban J connectivity index is 1.84.